The summed E-state index contributed by atoms with van der Waals surface area (Å²) >= 11 is 5.95. The minimum atomic E-state index is 0.179. The van der Waals surface area contributed by atoms with Crippen molar-refractivity contribution in [2.75, 3.05) is 5.32 Å². The average Bonchev–Trinajstić information content (AvgIpc) is 2.45. The molecule has 0 saturated carbocycles. The molecule has 1 aromatic carbocycles. The van der Waals surface area contributed by atoms with Gasteiger partial charge in [0.25, 0.3) is 0 Å². The van der Waals surface area contributed by atoms with Gasteiger partial charge in [-0.15, -0.1) is 0 Å². The topological polar surface area (TPSA) is 54.9 Å². The summed E-state index contributed by atoms with van der Waals surface area (Å²) in [5.74, 6) is 1.01. The first kappa shape index (κ1) is 14.5. The number of halogens is 1. The summed E-state index contributed by atoms with van der Waals surface area (Å²) in [5.41, 5.74) is 2.75. The lowest BCUT2D eigenvalue weighted by molar-refractivity contribution is 0.112. The van der Waals surface area contributed by atoms with Crippen LogP contribution in [0.25, 0.3) is 0 Å². The number of carbonyl (C=O) groups excluding carboxylic acids is 1. The summed E-state index contributed by atoms with van der Waals surface area (Å²) in [5, 5.41) is 3.35. The highest BCUT2D eigenvalue weighted by Crippen LogP contribution is 2.20. The predicted octanol–water partition coefficient (Wildman–Crippen LogP) is 3.43. The molecule has 1 N–H and O–H groups in total. The molecule has 0 bridgehead atoms. The molecule has 0 radical (unpaired) electrons. The van der Waals surface area contributed by atoms with Crippen molar-refractivity contribution in [2.24, 2.45) is 0 Å². The van der Waals surface area contributed by atoms with Gasteiger partial charge in [0.2, 0.25) is 0 Å². The summed E-state index contributed by atoms with van der Waals surface area (Å²) in [4.78, 5) is 19.3. The largest absolute Gasteiger partial charge is 0.365 e. The van der Waals surface area contributed by atoms with Crippen LogP contribution in [0.3, 0.4) is 0 Å². The van der Waals surface area contributed by atoms with Gasteiger partial charge in [-0.2, -0.15) is 0 Å². The van der Waals surface area contributed by atoms with Crippen LogP contribution in [0.1, 0.15) is 34.2 Å². The van der Waals surface area contributed by atoms with Crippen molar-refractivity contribution in [1.82, 2.24) is 9.97 Å². The molecule has 2 rings (SSSR count). The van der Waals surface area contributed by atoms with Gasteiger partial charge in [-0.1, -0.05) is 42.8 Å². The molecule has 0 fully saturated rings. The molecule has 0 amide bonds. The van der Waals surface area contributed by atoms with Gasteiger partial charge < -0.3 is 5.32 Å². The fourth-order valence-electron chi connectivity index (χ4n) is 2.04. The molecule has 1 heterocycles. The summed E-state index contributed by atoms with van der Waals surface area (Å²) in [6.07, 6.45) is 1.64. The Kier molecular flexibility index (Phi) is 4.69. The van der Waals surface area contributed by atoms with Crippen molar-refractivity contribution in [1.29, 1.82) is 0 Å². The first-order valence-corrected chi connectivity index (χ1v) is 6.83. The number of nitrogens with zero attached hydrogens (tertiary/aromatic N) is 2. The van der Waals surface area contributed by atoms with Crippen LogP contribution in [0.5, 0.6) is 0 Å². The Labute approximate surface area is 123 Å². The zero-order valence-corrected chi connectivity index (χ0v) is 12.2. The molecule has 104 valence electrons. The number of hydrogen-bond acceptors (Lipinski definition) is 4. The van der Waals surface area contributed by atoms with Gasteiger partial charge in [0.15, 0.2) is 6.29 Å². The van der Waals surface area contributed by atoms with E-state index in [4.69, 9.17) is 11.6 Å². The fraction of sp³-hybridized carbons (Fsp3) is 0.267. The maximum Gasteiger partial charge on any atom is 0.156 e. The van der Waals surface area contributed by atoms with E-state index in [1.54, 1.807) is 6.92 Å². The number of aryl methyl sites for hydroxylation is 2. The number of hydrogen-bond donors (Lipinski definition) is 1. The monoisotopic (exact) mass is 289 g/mol. The van der Waals surface area contributed by atoms with Crippen molar-refractivity contribution in [2.45, 2.75) is 26.8 Å². The summed E-state index contributed by atoms with van der Waals surface area (Å²) in [7, 11) is 0. The first-order chi connectivity index (χ1) is 9.65. The lowest BCUT2D eigenvalue weighted by Gasteiger charge is -2.12. The van der Waals surface area contributed by atoms with Crippen molar-refractivity contribution >= 4 is 23.7 Å². The van der Waals surface area contributed by atoms with E-state index in [9.17, 15) is 4.79 Å². The van der Waals surface area contributed by atoms with Crippen molar-refractivity contribution < 1.29 is 4.79 Å². The Morgan fingerprint density at radius 3 is 2.60 bits per heavy atom. The van der Waals surface area contributed by atoms with E-state index in [1.807, 2.05) is 12.1 Å². The number of benzene rings is 1. The van der Waals surface area contributed by atoms with E-state index in [0.29, 0.717) is 30.0 Å². The molecular weight excluding hydrogens is 274 g/mol. The molecule has 0 spiro atoms. The third-order valence-electron chi connectivity index (χ3n) is 3.07. The van der Waals surface area contributed by atoms with Crippen LogP contribution >= 0.6 is 11.6 Å². The second-order valence-electron chi connectivity index (χ2n) is 4.42. The van der Waals surface area contributed by atoms with Gasteiger partial charge >= 0.3 is 0 Å². The van der Waals surface area contributed by atoms with Gasteiger partial charge in [-0.05, 0) is 24.5 Å². The molecule has 0 unspecified atom stereocenters. The van der Waals surface area contributed by atoms with Crippen molar-refractivity contribution in [3.05, 3.63) is 51.9 Å². The van der Waals surface area contributed by atoms with E-state index in [2.05, 4.69) is 34.3 Å². The SMILES string of the molecule is CCc1ccccc1CNc1nc(C)nc(Cl)c1C=O. The molecule has 0 aliphatic heterocycles. The highest BCUT2D eigenvalue weighted by atomic mass is 35.5. The van der Waals surface area contributed by atoms with Gasteiger partial charge in [0.1, 0.15) is 16.8 Å². The number of aldehydes is 1. The van der Waals surface area contributed by atoms with E-state index in [0.717, 1.165) is 6.42 Å². The maximum absolute atomic E-state index is 11.1. The minimum absolute atomic E-state index is 0.179. The highest BCUT2D eigenvalue weighted by Gasteiger charge is 2.11. The highest BCUT2D eigenvalue weighted by molar-refractivity contribution is 6.32. The van der Waals surface area contributed by atoms with E-state index in [1.165, 1.54) is 11.1 Å². The van der Waals surface area contributed by atoms with E-state index >= 15 is 0 Å². The quantitative estimate of drug-likeness (QED) is 0.677. The van der Waals surface area contributed by atoms with Crippen LogP contribution in [0.2, 0.25) is 5.15 Å². The molecule has 2 aromatic rings. The van der Waals surface area contributed by atoms with Crippen LogP contribution in [0.15, 0.2) is 24.3 Å². The number of nitrogens with one attached hydrogen (secondary N) is 1. The molecule has 0 saturated heterocycles. The van der Waals surface area contributed by atoms with E-state index in [-0.39, 0.29) is 5.15 Å². The Balaban J connectivity index is 2.25. The molecule has 0 aliphatic rings. The Morgan fingerprint density at radius 2 is 1.95 bits per heavy atom. The van der Waals surface area contributed by atoms with Crippen LogP contribution in [0, 0.1) is 6.92 Å². The standard InChI is InChI=1S/C15H16ClN3O/c1-3-11-6-4-5-7-12(11)8-17-15-13(9-20)14(16)18-10(2)19-15/h4-7,9H,3,8H2,1-2H3,(H,17,18,19). The first-order valence-electron chi connectivity index (χ1n) is 6.45. The predicted molar refractivity (Wildman–Crippen MR) is 80.3 cm³/mol. The summed E-state index contributed by atoms with van der Waals surface area (Å²) < 4.78 is 0. The smallest absolute Gasteiger partial charge is 0.156 e. The second kappa shape index (κ2) is 6.48. The number of aromatic nitrogens is 2. The van der Waals surface area contributed by atoms with E-state index < -0.39 is 0 Å². The Bertz CT molecular complexity index is 629. The second-order valence-corrected chi connectivity index (χ2v) is 4.78. The molecule has 0 aliphatic carbocycles. The van der Waals surface area contributed by atoms with Gasteiger partial charge in [0.05, 0.1) is 5.56 Å². The van der Waals surface area contributed by atoms with Gasteiger partial charge in [-0.3, -0.25) is 4.79 Å². The molecular formula is C15H16ClN3O. The number of anilines is 1. The van der Waals surface area contributed by atoms with Crippen LogP contribution in [-0.2, 0) is 13.0 Å². The van der Waals surface area contributed by atoms with Crippen molar-refractivity contribution in [3.63, 3.8) is 0 Å². The van der Waals surface area contributed by atoms with Crippen molar-refractivity contribution in [3.8, 4) is 0 Å². The minimum Gasteiger partial charge on any atom is -0.365 e. The number of rotatable bonds is 5. The molecule has 4 nitrogen and oxygen atoms in total. The molecule has 20 heavy (non-hydrogen) atoms. The van der Waals surface area contributed by atoms with Crippen LogP contribution in [0.4, 0.5) is 5.82 Å². The van der Waals surface area contributed by atoms with Crippen LogP contribution in [-0.4, -0.2) is 16.3 Å². The lowest BCUT2D eigenvalue weighted by atomic mass is 10.1. The van der Waals surface area contributed by atoms with Gasteiger partial charge in [0, 0.05) is 6.54 Å². The van der Waals surface area contributed by atoms with Crippen LogP contribution < -0.4 is 5.32 Å². The molecule has 1 aromatic heterocycles. The van der Waals surface area contributed by atoms with Gasteiger partial charge in [-0.25, -0.2) is 9.97 Å². The zero-order valence-electron chi connectivity index (χ0n) is 11.5. The fourth-order valence-corrected chi connectivity index (χ4v) is 2.30. The third kappa shape index (κ3) is 3.14. The molecule has 0 atom stereocenters. The normalized spacial score (nSPS) is 10.3. The maximum atomic E-state index is 11.1. The Hall–Kier alpha value is -1.94. The summed E-state index contributed by atoms with van der Waals surface area (Å²) in [6, 6.07) is 8.16. The number of carbonyl (C=O) groups is 1. The Morgan fingerprint density at radius 1 is 1.25 bits per heavy atom. The summed E-state index contributed by atoms with van der Waals surface area (Å²) in [6.45, 7) is 4.45. The lowest BCUT2D eigenvalue weighted by Crippen LogP contribution is -2.08. The zero-order chi connectivity index (χ0) is 14.5. The third-order valence-corrected chi connectivity index (χ3v) is 3.36. The molecule has 5 heteroatoms. The average molecular weight is 290 g/mol.